The second-order valence-corrected chi connectivity index (χ2v) is 11.6. The van der Waals surface area contributed by atoms with Gasteiger partial charge in [-0.3, -0.25) is 0 Å². The van der Waals surface area contributed by atoms with Gasteiger partial charge in [0, 0.05) is 0 Å². The maximum Gasteiger partial charge on any atom is 2.00 e. The first-order valence-electron chi connectivity index (χ1n) is 17.4. The van der Waals surface area contributed by atoms with Crippen molar-refractivity contribution in [3.8, 4) is 11.5 Å². The van der Waals surface area contributed by atoms with Gasteiger partial charge in [-0.05, 0) is 38.0 Å². The Labute approximate surface area is 386 Å². The van der Waals surface area contributed by atoms with Crippen molar-refractivity contribution in [3.63, 3.8) is 0 Å². The number of para-hydroxylation sites is 2. The molecule has 0 aliphatic rings. The summed E-state index contributed by atoms with van der Waals surface area (Å²) < 4.78 is 0. The van der Waals surface area contributed by atoms with Crippen LogP contribution in [0.3, 0.4) is 0 Å². The topological polar surface area (TPSA) is 172 Å². The molecule has 11 heteroatoms. The first-order chi connectivity index (χ1) is 22.1. The van der Waals surface area contributed by atoms with Crippen molar-refractivity contribution in [3.05, 3.63) is 59.7 Å². The predicted octanol–water partition coefficient (Wildman–Crippen LogP) is 4.41. The van der Waals surface area contributed by atoms with Crippen LogP contribution in [0.2, 0.25) is 0 Å². The number of hydrogen-bond acceptors (Lipinski definition) is 8. The quantitative estimate of drug-likeness (QED) is 0.125. The van der Waals surface area contributed by atoms with E-state index in [9.17, 15) is 10.2 Å². The minimum Gasteiger partial charge on any atom is -0.872 e. The molecule has 8 nitrogen and oxygen atoms in total. The van der Waals surface area contributed by atoms with E-state index in [1.165, 1.54) is 116 Å². The average molecular weight is 763 g/mol. The van der Waals surface area contributed by atoms with Crippen LogP contribution in [0.15, 0.2) is 48.5 Å². The molecule has 0 N–H and O–H groups in total. The summed E-state index contributed by atoms with van der Waals surface area (Å²) in [6.45, 7) is 4.53. The van der Waals surface area contributed by atoms with Crippen LogP contribution >= 0.6 is 0 Å². The smallest absolute Gasteiger partial charge is 0.872 e. The van der Waals surface area contributed by atoms with Crippen LogP contribution in [0, 0.1) is 0 Å². The molecule has 2 aromatic carbocycles. The fourth-order valence-corrected chi connectivity index (χ4v) is 5.03. The van der Waals surface area contributed by atoms with E-state index in [1.54, 1.807) is 12.1 Å². The molecule has 0 aliphatic heterocycles. The molecule has 0 saturated heterocycles. The Balaban J connectivity index is -0.000000205. The third kappa shape index (κ3) is 48.4. The number of unbranched alkanes of at least 4 members (excludes halogenated alkanes) is 18. The minimum absolute atomic E-state index is 0. The van der Waals surface area contributed by atoms with E-state index < -0.39 is 12.3 Å². The molecule has 0 bridgehead atoms. The van der Waals surface area contributed by atoms with Crippen molar-refractivity contribution < 1.29 is 40.2 Å². The van der Waals surface area contributed by atoms with Crippen LogP contribution in [0.5, 0.6) is 11.5 Å². The Bertz CT molecular complexity index is 894. The Kier molecular flexibility index (Phi) is 55.5. The number of benzene rings is 2. The fourth-order valence-electron chi connectivity index (χ4n) is 5.03. The molecule has 0 fully saturated rings. The van der Waals surface area contributed by atoms with Gasteiger partial charge in [-0.2, -0.15) is 0 Å². The van der Waals surface area contributed by atoms with Crippen molar-refractivity contribution in [2.75, 3.05) is 0 Å². The number of carbonyl (C=O) groups excluding carboxylic acids is 2. The van der Waals surface area contributed by atoms with Gasteiger partial charge in [-0.1, -0.05) is 189 Å². The molecule has 0 heterocycles. The van der Waals surface area contributed by atoms with Crippen LogP contribution in [0.1, 0.15) is 153 Å². The van der Waals surface area contributed by atoms with E-state index in [-0.39, 0.29) is 125 Å². The minimum atomic E-state index is -2.33. The first-order valence-corrected chi connectivity index (χ1v) is 17.4. The molecule has 0 radical (unpaired) electrons. The molecule has 0 amide bonds. The molecule has 264 valence electrons. The number of aryl methyl sites for hydroxylation is 2. The molecule has 2 aromatic rings. The van der Waals surface area contributed by atoms with Crippen molar-refractivity contribution in [2.24, 2.45) is 0 Å². The van der Waals surface area contributed by atoms with Gasteiger partial charge in [-0.15, -0.1) is 11.5 Å². The molecule has 2 rings (SSSR count). The van der Waals surface area contributed by atoms with Crippen LogP contribution in [0.25, 0.3) is 0 Å². The Morgan fingerprint density at radius 3 is 0.837 bits per heavy atom. The summed E-state index contributed by atoms with van der Waals surface area (Å²) in [4.78, 5) is 16.7. The summed E-state index contributed by atoms with van der Waals surface area (Å²) in [6, 6.07) is 14.9. The molecular formula is C38H58Ca3O8. The van der Waals surface area contributed by atoms with Crippen LogP contribution in [0.4, 0.5) is 9.59 Å². The van der Waals surface area contributed by atoms with E-state index in [0.29, 0.717) is 0 Å². The van der Waals surface area contributed by atoms with Gasteiger partial charge in [0.25, 0.3) is 0 Å². The van der Waals surface area contributed by atoms with Gasteiger partial charge in [-0.25, -0.2) is 0 Å². The third-order valence-electron chi connectivity index (χ3n) is 7.54. The second kappa shape index (κ2) is 46.4. The van der Waals surface area contributed by atoms with Gasteiger partial charge in [0.15, 0.2) is 0 Å². The zero-order valence-corrected chi connectivity index (χ0v) is 37.2. The maximum absolute atomic E-state index is 11.5. The zero-order chi connectivity index (χ0) is 34.7. The Morgan fingerprint density at radius 2 is 0.612 bits per heavy atom. The molecule has 0 aliphatic carbocycles. The van der Waals surface area contributed by atoms with Gasteiger partial charge in [0.1, 0.15) is 0 Å². The molecule has 0 atom stereocenters. The Morgan fingerprint density at radius 1 is 0.408 bits per heavy atom. The number of rotatable bonds is 22. The molecule has 0 unspecified atom stereocenters. The summed E-state index contributed by atoms with van der Waals surface area (Å²) >= 11 is 0. The number of carbonyl (C=O) groups is 2. The van der Waals surface area contributed by atoms with Crippen molar-refractivity contribution in [1.82, 2.24) is 0 Å². The van der Waals surface area contributed by atoms with E-state index >= 15 is 0 Å². The van der Waals surface area contributed by atoms with Crippen LogP contribution < -0.4 is 30.6 Å². The van der Waals surface area contributed by atoms with Crippen molar-refractivity contribution in [2.45, 2.75) is 155 Å². The average Bonchev–Trinajstić information content (AvgIpc) is 3.00. The molecule has 49 heavy (non-hydrogen) atoms. The first kappa shape index (κ1) is 58.7. The second-order valence-electron chi connectivity index (χ2n) is 11.6. The number of carboxylic acid groups (broad SMARTS) is 4. The van der Waals surface area contributed by atoms with Crippen molar-refractivity contribution in [1.29, 1.82) is 0 Å². The van der Waals surface area contributed by atoms with E-state index in [4.69, 9.17) is 30.0 Å². The number of hydrogen-bond donors (Lipinski definition) is 0. The molecule has 0 saturated carbocycles. The Hall–Kier alpha value is 0.359. The van der Waals surface area contributed by atoms with E-state index in [2.05, 4.69) is 13.8 Å². The summed E-state index contributed by atoms with van der Waals surface area (Å²) in [5, 5.41) is 56.4. The summed E-state index contributed by atoms with van der Waals surface area (Å²) in [7, 11) is 0. The summed E-state index contributed by atoms with van der Waals surface area (Å²) in [5.74, 6) is 0.414. The zero-order valence-electron chi connectivity index (χ0n) is 30.6. The van der Waals surface area contributed by atoms with Crippen LogP contribution in [-0.2, 0) is 12.8 Å². The summed E-state index contributed by atoms with van der Waals surface area (Å²) in [5.41, 5.74) is 1.98. The van der Waals surface area contributed by atoms with E-state index in [1.807, 2.05) is 36.4 Å². The molecular weight excluding hydrogens is 705 g/mol. The van der Waals surface area contributed by atoms with Crippen LogP contribution in [-0.4, -0.2) is 126 Å². The normalized spacial score (nSPS) is 9.35. The standard InChI is InChI=1S/2C18H30O.2CH2O3.3Ca/c2*1-2-3-4-5-6-7-8-9-10-11-14-17-15-12-13-16-18(17)19;2*2-1(3)4;;;/h2*12-13,15-16,19H,2-11,14H2,1H3;2*(H2,2,3,4);;;/q;;;;3*+2/p-6. The molecule has 0 spiro atoms. The predicted molar refractivity (Wildman–Crippen MR) is 191 cm³/mol. The molecule has 0 aromatic heterocycles. The maximum atomic E-state index is 11.5. The van der Waals surface area contributed by atoms with E-state index in [0.717, 1.165) is 36.8 Å². The third-order valence-corrected chi connectivity index (χ3v) is 7.54. The van der Waals surface area contributed by atoms with Crippen molar-refractivity contribution >= 4 is 126 Å². The van der Waals surface area contributed by atoms with Gasteiger partial charge < -0.3 is 40.2 Å². The summed E-state index contributed by atoms with van der Waals surface area (Å²) in [6.07, 6.45) is 24.2. The SMILES string of the molecule is CCCCCCCCCCCCc1ccccc1[O-].CCCCCCCCCCCCc1ccccc1[O-].O=C([O-])[O-].O=C([O-])[O-].[Ca+2].[Ca+2].[Ca+2]. The van der Waals surface area contributed by atoms with Gasteiger partial charge in [0.2, 0.25) is 0 Å². The van der Waals surface area contributed by atoms with Gasteiger partial charge in [0.05, 0.1) is 0 Å². The monoisotopic (exact) mass is 762 g/mol. The largest absolute Gasteiger partial charge is 2.00 e. The fraction of sp³-hybridized carbons (Fsp3) is 0.632. The van der Waals surface area contributed by atoms with Gasteiger partial charge >= 0.3 is 113 Å².